The Kier molecular flexibility index (Phi) is 3.84. The molecule has 0 aliphatic carbocycles. The molecule has 1 aliphatic heterocycles. The van der Waals surface area contributed by atoms with Gasteiger partial charge in [-0.15, -0.1) is 0 Å². The van der Waals surface area contributed by atoms with Crippen molar-refractivity contribution in [2.75, 3.05) is 0 Å². The van der Waals surface area contributed by atoms with Gasteiger partial charge in [-0.2, -0.15) is 0 Å². The van der Waals surface area contributed by atoms with Gasteiger partial charge in [0.1, 0.15) is 5.60 Å². The van der Waals surface area contributed by atoms with Crippen molar-refractivity contribution >= 4 is 12.0 Å². The number of carbonyl (C=O) groups is 2. The van der Waals surface area contributed by atoms with Crippen LogP contribution in [-0.4, -0.2) is 22.5 Å². The zero-order valence-corrected chi connectivity index (χ0v) is 12.4. The Labute approximate surface area is 119 Å². The Morgan fingerprint density at radius 2 is 1.85 bits per heavy atom. The molecule has 2 amide bonds. The molecule has 108 valence electrons. The van der Waals surface area contributed by atoms with Crippen LogP contribution in [-0.2, 0) is 9.53 Å². The number of hydrogen-bond acceptors (Lipinski definition) is 3. The molecule has 0 saturated carbocycles. The summed E-state index contributed by atoms with van der Waals surface area (Å²) in [5, 5.41) is 0. The summed E-state index contributed by atoms with van der Waals surface area (Å²) in [6.45, 7) is 7.38. The molecule has 1 saturated heterocycles. The van der Waals surface area contributed by atoms with Gasteiger partial charge in [0, 0.05) is 6.42 Å². The lowest BCUT2D eigenvalue weighted by molar-refractivity contribution is -0.128. The fraction of sp³-hybridized carbons (Fsp3) is 0.500. The zero-order valence-electron chi connectivity index (χ0n) is 12.4. The summed E-state index contributed by atoms with van der Waals surface area (Å²) < 4.78 is 5.36. The second-order valence-electron chi connectivity index (χ2n) is 6.28. The molecule has 1 aromatic carbocycles. The summed E-state index contributed by atoms with van der Waals surface area (Å²) in [4.78, 5) is 25.7. The summed E-state index contributed by atoms with van der Waals surface area (Å²) in [6.07, 6.45) is -0.181. The minimum Gasteiger partial charge on any atom is -0.443 e. The molecule has 0 aromatic heterocycles. The standard InChI is InChI=1S/C16H21NO3/c1-11-10-13(18)17(15(19)20-16(2,3)4)14(11)12-8-6-5-7-9-12/h5-9,11,14H,10H2,1-4H3. The molecule has 0 N–H and O–H groups in total. The second kappa shape index (κ2) is 5.27. The Morgan fingerprint density at radius 1 is 1.25 bits per heavy atom. The number of imide groups is 1. The third kappa shape index (κ3) is 3.00. The monoisotopic (exact) mass is 275 g/mol. The van der Waals surface area contributed by atoms with E-state index < -0.39 is 11.7 Å². The van der Waals surface area contributed by atoms with E-state index in [1.165, 1.54) is 4.90 Å². The van der Waals surface area contributed by atoms with Crippen LogP contribution >= 0.6 is 0 Å². The fourth-order valence-corrected chi connectivity index (χ4v) is 2.55. The van der Waals surface area contributed by atoms with Crippen LogP contribution in [0.2, 0.25) is 0 Å². The molecular weight excluding hydrogens is 254 g/mol. The Balaban J connectivity index is 2.29. The second-order valence-corrected chi connectivity index (χ2v) is 6.28. The summed E-state index contributed by atoms with van der Waals surface area (Å²) in [6, 6.07) is 9.39. The largest absolute Gasteiger partial charge is 0.443 e. The first kappa shape index (κ1) is 14.6. The zero-order chi connectivity index (χ0) is 14.9. The van der Waals surface area contributed by atoms with E-state index in [0.29, 0.717) is 6.42 Å². The van der Waals surface area contributed by atoms with E-state index in [4.69, 9.17) is 4.74 Å². The number of benzene rings is 1. The van der Waals surface area contributed by atoms with Crippen molar-refractivity contribution in [2.24, 2.45) is 5.92 Å². The molecule has 1 aliphatic rings. The lowest BCUT2D eigenvalue weighted by atomic mass is 9.95. The van der Waals surface area contributed by atoms with Crippen molar-refractivity contribution in [2.45, 2.75) is 45.8 Å². The third-order valence-corrected chi connectivity index (χ3v) is 3.31. The van der Waals surface area contributed by atoms with E-state index in [0.717, 1.165) is 5.56 Å². The number of carbonyl (C=O) groups excluding carboxylic acids is 2. The van der Waals surface area contributed by atoms with Gasteiger partial charge >= 0.3 is 6.09 Å². The highest BCUT2D eigenvalue weighted by molar-refractivity contribution is 5.94. The predicted molar refractivity (Wildman–Crippen MR) is 76.0 cm³/mol. The first-order valence-corrected chi connectivity index (χ1v) is 6.89. The maximum absolute atomic E-state index is 12.3. The van der Waals surface area contributed by atoms with Gasteiger partial charge in [-0.1, -0.05) is 37.3 Å². The lowest BCUT2D eigenvalue weighted by Crippen LogP contribution is -2.39. The number of ether oxygens (including phenoxy) is 1. The molecule has 1 aromatic rings. The highest BCUT2D eigenvalue weighted by Crippen LogP contribution is 2.38. The van der Waals surface area contributed by atoms with E-state index in [-0.39, 0.29) is 17.9 Å². The van der Waals surface area contributed by atoms with Crippen molar-refractivity contribution in [1.82, 2.24) is 4.90 Å². The van der Waals surface area contributed by atoms with Gasteiger partial charge in [-0.25, -0.2) is 9.69 Å². The van der Waals surface area contributed by atoms with Crippen LogP contribution in [0.5, 0.6) is 0 Å². The van der Waals surface area contributed by atoms with Crippen molar-refractivity contribution in [3.8, 4) is 0 Å². The molecule has 0 radical (unpaired) electrons. The first-order chi connectivity index (χ1) is 9.29. The van der Waals surface area contributed by atoms with Crippen molar-refractivity contribution in [3.05, 3.63) is 35.9 Å². The lowest BCUT2D eigenvalue weighted by Gasteiger charge is -2.28. The van der Waals surface area contributed by atoms with E-state index in [1.54, 1.807) is 20.8 Å². The molecular formula is C16H21NO3. The molecule has 0 bridgehead atoms. The van der Waals surface area contributed by atoms with Gasteiger partial charge in [0.05, 0.1) is 6.04 Å². The van der Waals surface area contributed by atoms with E-state index in [2.05, 4.69) is 0 Å². The normalized spacial score (nSPS) is 23.0. The van der Waals surface area contributed by atoms with Crippen LogP contribution in [0.25, 0.3) is 0 Å². The number of amides is 2. The van der Waals surface area contributed by atoms with Gasteiger partial charge in [-0.05, 0) is 32.3 Å². The SMILES string of the molecule is CC1CC(=O)N(C(=O)OC(C)(C)C)C1c1ccccc1. The van der Waals surface area contributed by atoms with Crippen LogP contribution in [0.4, 0.5) is 4.79 Å². The maximum atomic E-state index is 12.3. The fourth-order valence-electron chi connectivity index (χ4n) is 2.55. The number of rotatable bonds is 1. The molecule has 1 heterocycles. The Hall–Kier alpha value is -1.84. The average molecular weight is 275 g/mol. The first-order valence-electron chi connectivity index (χ1n) is 6.89. The minimum absolute atomic E-state index is 0.0948. The van der Waals surface area contributed by atoms with Gasteiger partial charge in [0.2, 0.25) is 5.91 Å². The summed E-state index contributed by atoms with van der Waals surface area (Å²) in [5.41, 5.74) is 0.362. The van der Waals surface area contributed by atoms with Crippen LogP contribution in [0, 0.1) is 5.92 Å². The highest BCUT2D eigenvalue weighted by atomic mass is 16.6. The summed E-state index contributed by atoms with van der Waals surface area (Å²) in [5.74, 6) is -0.0713. The maximum Gasteiger partial charge on any atom is 0.417 e. The van der Waals surface area contributed by atoms with Crippen molar-refractivity contribution in [1.29, 1.82) is 0 Å². The van der Waals surface area contributed by atoms with Crippen LogP contribution in [0.3, 0.4) is 0 Å². The molecule has 4 heteroatoms. The quantitative estimate of drug-likeness (QED) is 0.787. The number of likely N-dealkylation sites (tertiary alicyclic amines) is 1. The summed E-state index contributed by atoms with van der Waals surface area (Å²) in [7, 11) is 0. The van der Waals surface area contributed by atoms with Crippen LogP contribution < -0.4 is 0 Å². The third-order valence-electron chi connectivity index (χ3n) is 3.31. The molecule has 4 nitrogen and oxygen atoms in total. The van der Waals surface area contributed by atoms with E-state index >= 15 is 0 Å². The van der Waals surface area contributed by atoms with Crippen LogP contribution in [0.15, 0.2) is 30.3 Å². The highest BCUT2D eigenvalue weighted by Gasteiger charge is 2.43. The Bertz CT molecular complexity index is 504. The molecule has 0 spiro atoms. The van der Waals surface area contributed by atoms with Crippen LogP contribution in [0.1, 0.15) is 45.7 Å². The van der Waals surface area contributed by atoms with Crippen molar-refractivity contribution in [3.63, 3.8) is 0 Å². The minimum atomic E-state index is -0.607. The Morgan fingerprint density at radius 3 is 2.40 bits per heavy atom. The van der Waals surface area contributed by atoms with Gasteiger partial charge < -0.3 is 4.74 Å². The molecule has 20 heavy (non-hydrogen) atoms. The van der Waals surface area contributed by atoms with Gasteiger partial charge in [0.15, 0.2) is 0 Å². The van der Waals surface area contributed by atoms with Crippen molar-refractivity contribution < 1.29 is 14.3 Å². The predicted octanol–water partition coefficient (Wildman–Crippen LogP) is 3.53. The van der Waals surface area contributed by atoms with E-state index in [1.807, 2.05) is 37.3 Å². The average Bonchev–Trinajstić information content (AvgIpc) is 2.63. The molecule has 2 rings (SSSR count). The topological polar surface area (TPSA) is 46.6 Å². The number of nitrogens with zero attached hydrogens (tertiary/aromatic N) is 1. The number of hydrogen-bond donors (Lipinski definition) is 0. The van der Waals surface area contributed by atoms with Gasteiger partial charge in [0.25, 0.3) is 0 Å². The molecule has 2 atom stereocenters. The molecule has 1 fully saturated rings. The van der Waals surface area contributed by atoms with Gasteiger partial charge in [-0.3, -0.25) is 4.79 Å². The van der Waals surface area contributed by atoms with E-state index in [9.17, 15) is 9.59 Å². The smallest absolute Gasteiger partial charge is 0.417 e. The molecule has 2 unspecified atom stereocenters. The summed E-state index contributed by atoms with van der Waals surface area (Å²) >= 11 is 0.